The van der Waals surface area contributed by atoms with Gasteiger partial charge in [0.1, 0.15) is 0 Å². The molecule has 2 rings (SSSR count). The van der Waals surface area contributed by atoms with Crippen molar-refractivity contribution in [1.82, 2.24) is 0 Å². The van der Waals surface area contributed by atoms with Gasteiger partial charge in [0.2, 0.25) is 0 Å². The highest BCUT2D eigenvalue weighted by atomic mass is 19.4. The van der Waals surface area contributed by atoms with E-state index >= 15 is 0 Å². The molecule has 172 valence electrons. The van der Waals surface area contributed by atoms with Crippen molar-refractivity contribution >= 4 is 11.4 Å². The van der Waals surface area contributed by atoms with Gasteiger partial charge in [-0.3, -0.25) is 0 Å². The van der Waals surface area contributed by atoms with Crippen molar-refractivity contribution in [3.63, 3.8) is 0 Å². The predicted octanol–water partition coefficient (Wildman–Crippen LogP) is 4.60. The number of hydrogen-bond donors (Lipinski definition) is 4. The molecule has 0 aliphatic rings. The number of aliphatic hydroxyl groups is 2. The zero-order chi connectivity index (χ0) is 24.2. The van der Waals surface area contributed by atoms with E-state index in [0.717, 1.165) is 12.1 Å². The van der Waals surface area contributed by atoms with Crippen molar-refractivity contribution in [2.24, 2.45) is 0 Å². The Balaban J connectivity index is 2.62. The molecule has 0 saturated carbocycles. The van der Waals surface area contributed by atoms with Crippen molar-refractivity contribution < 1.29 is 36.6 Å². The fraction of sp³-hybridized carbons (Fsp3) is 0.429. The van der Waals surface area contributed by atoms with E-state index in [1.807, 2.05) is 0 Å². The van der Waals surface area contributed by atoms with Crippen LogP contribution in [0.3, 0.4) is 0 Å². The Morgan fingerprint density at radius 1 is 0.677 bits per heavy atom. The largest absolute Gasteiger partial charge is 0.421 e. The maximum absolute atomic E-state index is 13.3. The molecule has 0 fully saturated rings. The lowest BCUT2D eigenvalue weighted by Gasteiger charge is -2.30. The number of aryl methyl sites for hydroxylation is 2. The van der Waals surface area contributed by atoms with Crippen LogP contribution in [0.25, 0.3) is 0 Å². The summed E-state index contributed by atoms with van der Waals surface area (Å²) in [5, 5.41) is 20.1. The second-order valence-electron chi connectivity index (χ2n) is 8.05. The number of rotatable bonds is 4. The van der Waals surface area contributed by atoms with Crippen LogP contribution in [0.5, 0.6) is 0 Å². The monoisotopic (exact) mass is 450 g/mol. The molecule has 0 amide bonds. The minimum absolute atomic E-state index is 0.0693. The number of alkyl halides is 6. The van der Waals surface area contributed by atoms with Gasteiger partial charge in [-0.2, -0.15) is 26.3 Å². The van der Waals surface area contributed by atoms with E-state index in [9.17, 15) is 36.6 Å². The Labute approximate surface area is 175 Å². The summed E-state index contributed by atoms with van der Waals surface area (Å²) in [6, 6.07) is 4.72. The fourth-order valence-electron chi connectivity index (χ4n) is 3.28. The summed E-state index contributed by atoms with van der Waals surface area (Å²) in [7, 11) is 0. The molecule has 0 aliphatic heterocycles. The predicted molar refractivity (Wildman–Crippen MR) is 105 cm³/mol. The average Bonchev–Trinajstić information content (AvgIpc) is 2.56. The third-order valence-electron chi connectivity index (χ3n) is 5.55. The SMILES string of the molecule is Cc1cc(N)c(C(C)(O)C(F)(F)F)cc1Cc1cc(C(C)(O)C(F)(F)F)c(N)cc1C. The summed E-state index contributed by atoms with van der Waals surface area (Å²) in [6.07, 6.45) is -10.1. The molecule has 10 heteroatoms. The second kappa shape index (κ2) is 7.59. The van der Waals surface area contributed by atoms with E-state index in [4.69, 9.17) is 11.5 Å². The fourth-order valence-corrected chi connectivity index (χ4v) is 3.28. The van der Waals surface area contributed by atoms with Crippen LogP contribution in [0.2, 0.25) is 0 Å². The lowest BCUT2D eigenvalue weighted by Crippen LogP contribution is -2.40. The van der Waals surface area contributed by atoms with Crippen molar-refractivity contribution in [3.05, 3.63) is 57.6 Å². The molecule has 31 heavy (non-hydrogen) atoms. The minimum Gasteiger partial charge on any atom is -0.398 e. The van der Waals surface area contributed by atoms with Gasteiger partial charge in [0.25, 0.3) is 0 Å². The topological polar surface area (TPSA) is 92.5 Å². The van der Waals surface area contributed by atoms with Crippen LogP contribution in [-0.4, -0.2) is 22.6 Å². The van der Waals surface area contributed by atoms with Crippen LogP contribution < -0.4 is 11.5 Å². The van der Waals surface area contributed by atoms with Crippen molar-refractivity contribution in [3.8, 4) is 0 Å². The number of anilines is 2. The summed E-state index contributed by atoms with van der Waals surface area (Å²) in [5.41, 5.74) is 4.94. The lowest BCUT2D eigenvalue weighted by molar-refractivity contribution is -0.258. The summed E-state index contributed by atoms with van der Waals surface area (Å²) in [4.78, 5) is 0. The van der Waals surface area contributed by atoms with Crippen LogP contribution in [0.15, 0.2) is 24.3 Å². The molecule has 0 aromatic heterocycles. The number of halogens is 6. The zero-order valence-corrected chi connectivity index (χ0v) is 17.3. The van der Waals surface area contributed by atoms with Crippen molar-refractivity contribution in [2.75, 3.05) is 11.5 Å². The first-order valence-corrected chi connectivity index (χ1v) is 9.17. The number of hydrogen-bond acceptors (Lipinski definition) is 4. The van der Waals surface area contributed by atoms with E-state index in [-0.39, 0.29) is 17.8 Å². The second-order valence-corrected chi connectivity index (χ2v) is 8.05. The van der Waals surface area contributed by atoms with Crippen LogP contribution in [0.4, 0.5) is 37.7 Å². The van der Waals surface area contributed by atoms with Gasteiger partial charge in [-0.05, 0) is 80.6 Å². The van der Waals surface area contributed by atoms with E-state index in [0.29, 0.717) is 36.1 Å². The highest BCUT2D eigenvalue weighted by Gasteiger charge is 2.53. The third kappa shape index (κ3) is 4.45. The highest BCUT2D eigenvalue weighted by molar-refractivity contribution is 5.58. The number of benzene rings is 2. The molecule has 2 atom stereocenters. The molecular formula is C21H24F6N2O2. The normalized spacial score (nSPS) is 16.6. The summed E-state index contributed by atoms with van der Waals surface area (Å²) >= 11 is 0. The van der Waals surface area contributed by atoms with Gasteiger partial charge in [0.05, 0.1) is 0 Å². The van der Waals surface area contributed by atoms with Gasteiger partial charge in [-0.1, -0.05) is 0 Å². The standard InChI is InChI=1S/C21H24F6N2O2/c1-10-5-16(28)14(18(3,30)20(22,23)24)8-12(10)7-13-9-15(17(29)6-11(13)2)19(4,31)21(25,26)27/h5-6,8-9,30-31H,7,28-29H2,1-4H3. The molecule has 0 spiro atoms. The Kier molecular flexibility index (Phi) is 6.08. The molecule has 2 unspecified atom stereocenters. The quantitative estimate of drug-likeness (QED) is 0.405. The maximum Gasteiger partial charge on any atom is 0.421 e. The Bertz CT molecular complexity index is 915. The van der Waals surface area contributed by atoms with E-state index in [1.165, 1.54) is 12.1 Å². The van der Waals surface area contributed by atoms with Gasteiger partial charge < -0.3 is 21.7 Å². The number of nitrogen functional groups attached to an aromatic ring is 2. The van der Waals surface area contributed by atoms with Gasteiger partial charge in [0, 0.05) is 22.5 Å². The minimum atomic E-state index is -5.00. The Morgan fingerprint density at radius 3 is 1.23 bits per heavy atom. The Hall–Kier alpha value is -2.46. The van der Waals surface area contributed by atoms with Gasteiger partial charge in [-0.15, -0.1) is 0 Å². The zero-order valence-electron chi connectivity index (χ0n) is 17.3. The van der Waals surface area contributed by atoms with Gasteiger partial charge in [-0.25, -0.2) is 0 Å². The first-order chi connectivity index (χ1) is 13.8. The van der Waals surface area contributed by atoms with Crippen molar-refractivity contribution in [1.29, 1.82) is 0 Å². The van der Waals surface area contributed by atoms with E-state index < -0.39 is 34.7 Å². The maximum atomic E-state index is 13.3. The van der Waals surface area contributed by atoms with Crippen LogP contribution in [-0.2, 0) is 17.6 Å². The summed E-state index contributed by atoms with van der Waals surface area (Å²) in [6.45, 7) is 4.31. The average molecular weight is 450 g/mol. The van der Waals surface area contributed by atoms with E-state index in [1.54, 1.807) is 13.8 Å². The van der Waals surface area contributed by atoms with E-state index in [2.05, 4.69) is 0 Å². The molecule has 2 aromatic carbocycles. The molecule has 6 N–H and O–H groups in total. The molecule has 0 radical (unpaired) electrons. The number of nitrogens with two attached hydrogens (primary N) is 2. The van der Waals surface area contributed by atoms with Gasteiger partial charge >= 0.3 is 12.4 Å². The van der Waals surface area contributed by atoms with Crippen LogP contribution in [0.1, 0.15) is 47.2 Å². The summed E-state index contributed by atoms with van der Waals surface area (Å²) < 4.78 is 79.9. The molecular weight excluding hydrogens is 426 g/mol. The lowest BCUT2D eigenvalue weighted by atomic mass is 9.86. The van der Waals surface area contributed by atoms with Crippen LogP contribution >= 0.6 is 0 Å². The van der Waals surface area contributed by atoms with Crippen molar-refractivity contribution in [2.45, 2.75) is 57.7 Å². The Morgan fingerprint density at radius 2 is 0.968 bits per heavy atom. The highest BCUT2D eigenvalue weighted by Crippen LogP contribution is 2.43. The third-order valence-corrected chi connectivity index (χ3v) is 5.55. The molecule has 0 heterocycles. The molecule has 4 nitrogen and oxygen atoms in total. The smallest absolute Gasteiger partial charge is 0.398 e. The van der Waals surface area contributed by atoms with Gasteiger partial charge in [0.15, 0.2) is 11.2 Å². The first-order valence-electron chi connectivity index (χ1n) is 9.17. The molecule has 0 saturated heterocycles. The molecule has 0 bridgehead atoms. The first kappa shape index (κ1) is 24.8. The molecule has 0 aliphatic carbocycles. The molecule has 2 aromatic rings. The van der Waals surface area contributed by atoms with Crippen LogP contribution in [0, 0.1) is 13.8 Å². The summed E-state index contributed by atoms with van der Waals surface area (Å²) in [5.74, 6) is 0.